The largest absolute Gasteiger partial charge is 0.493 e. The van der Waals surface area contributed by atoms with Crippen molar-refractivity contribution in [1.29, 1.82) is 0 Å². The first-order chi connectivity index (χ1) is 12.4. The zero-order valence-electron chi connectivity index (χ0n) is 14.6. The Hall–Kier alpha value is -2.58. The molecule has 0 saturated carbocycles. The summed E-state index contributed by atoms with van der Waals surface area (Å²) in [7, 11) is 2.03. The van der Waals surface area contributed by atoms with Crippen molar-refractivity contribution >= 4 is 17.3 Å². The van der Waals surface area contributed by atoms with Crippen LogP contribution in [0.1, 0.15) is 12.5 Å². The van der Waals surface area contributed by atoms with E-state index < -0.39 is 17.1 Å². The van der Waals surface area contributed by atoms with E-state index in [0.717, 1.165) is 30.7 Å². The van der Waals surface area contributed by atoms with E-state index in [1.165, 1.54) is 0 Å². The summed E-state index contributed by atoms with van der Waals surface area (Å²) in [5.74, 6) is -0.448. The number of halogens is 1. The first-order valence-corrected chi connectivity index (χ1v) is 8.58. The van der Waals surface area contributed by atoms with Gasteiger partial charge in [-0.15, -0.1) is 0 Å². The lowest BCUT2D eigenvalue weighted by Crippen LogP contribution is -2.42. The molecule has 0 unspecified atom stereocenters. The van der Waals surface area contributed by atoms with Crippen LogP contribution in [0.25, 0.3) is 5.69 Å². The molecule has 1 aliphatic rings. The molecule has 0 radical (unpaired) electrons. The quantitative estimate of drug-likeness (QED) is 0.774. The fourth-order valence-corrected chi connectivity index (χ4v) is 2.96. The molecule has 1 fully saturated rings. The van der Waals surface area contributed by atoms with Gasteiger partial charge in [0.05, 0.1) is 11.4 Å². The second-order valence-electron chi connectivity index (χ2n) is 6.21. The molecule has 3 rings (SSSR count). The molecule has 1 saturated heterocycles. The van der Waals surface area contributed by atoms with Crippen molar-refractivity contribution < 1.29 is 5.11 Å². The predicted molar refractivity (Wildman–Crippen MR) is 101 cm³/mol. The minimum absolute atomic E-state index is 0.0292. The Kier molecular flexibility index (Phi) is 5.15. The van der Waals surface area contributed by atoms with Crippen molar-refractivity contribution in [3.05, 3.63) is 55.7 Å². The van der Waals surface area contributed by atoms with Gasteiger partial charge in [-0.05, 0) is 38.2 Å². The lowest BCUT2D eigenvalue weighted by Gasteiger charge is -2.30. The molecule has 0 bridgehead atoms. The van der Waals surface area contributed by atoms with Crippen molar-refractivity contribution in [3.63, 3.8) is 0 Å². The molecule has 1 aromatic heterocycles. The Morgan fingerprint density at radius 2 is 1.77 bits per heavy atom. The summed E-state index contributed by atoms with van der Waals surface area (Å²) >= 11 is 5.87. The zero-order valence-corrected chi connectivity index (χ0v) is 15.3. The van der Waals surface area contributed by atoms with Crippen LogP contribution in [-0.2, 0) is 0 Å². The highest BCUT2D eigenvalue weighted by molar-refractivity contribution is 6.30. The molecule has 26 heavy (non-hydrogen) atoms. The molecule has 138 valence electrons. The minimum atomic E-state index is -0.731. The van der Waals surface area contributed by atoms with E-state index in [9.17, 15) is 14.7 Å². The molecule has 2 N–H and O–H groups in total. The van der Waals surface area contributed by atoms with Crippen molar-refractivity contribution in [1.82, 2.24) is 19.5 Å². The van der Waals surface area contributed by atoms with Gasteiger partial charge < -0.3 is 10.0 Å². The summed E-state index contributed by atoms with van der Waals surface area (Å²) in [5, 5.41) is 17.4. The Labute approximate surface area is 154 Å². The summed E-state index contributed by atoms with van der Waals surface area (Å²) in [6.07, 6.45) is 0. The lowest BCUT2D eigenvalue weighted by molar-refractivity contribution is 0.159. The number of benzene rings is 1. The average molecular weight is 378 g/mol. The molecule has 9 heteroatoms. The zero-order chi connectivity index (χ0) is 18.8. The molecule has 2 aromatic rings. The van der Waals surface area contributed by atoms with Gasteiger partial charge in [0.15, 0.2) is 0 Å². The van der Waals surface area contributed by atoms with Gasteiger partial charge in [0.1, 0.15) is 5.56 Å². The van der Waals surface area contributed by atoms with E-state index in [2.05, 4.69) is 15.0 Å². The second-order valence-corrected chi connectivity index (χ2v) is 6.65. The van der Waals surface area contributed by atoms with Gasteiger partial charge in [0.25, 0.3) is 5.56 Å². The number of piperazine rings is 1. The third-order valence-corrected chi connectivity index (χ3v) is 4.56. The maximum atomic E-state index is 12.3. The van der Waals surface area contributed by atoms with Gasteiger partial charge in [-0.1, -0.05) is 11.6 Å². The van der Waals surface area contributed by atoms with E-state index in [1.807, 2.05) is 12.1 Å². The van der Waals surface area contributed by atoms with Gasteiger partial charge in [-0.3, -0.25) is 14.8 Å². The number of likely N-dealkylation sites (N-methyl/N-ethyl adjacent to an activating group) is 1. The van der Waals surface area contributed by atoms with E-state index in [-0.39, 0.29) is 5.56 Å². The fraction of sp³-hybridized carbons (Fsp3) is 0.353. The first kappa shape index (κ1) is 18.2. The minimum Gasteiger partial charge on any atom is -0.493 e. The van der Waals surface area contributed by atoms with Crippen LogP contribution in [0.3, 0.4) is 0 Å². The molecular weight excluding hydrogens is 358 g/mol. The van der Waals surface area contributed by atoms with Crippen LogP contribution in [0.2, 0.25) is 5.02 Å². The normalized spacial score (nSPS) is 16.1. The van der Waals surface area contributed by atoms with Crippen molar-refractivity contribution in [2.75, 3.05) is 33.2 Å². The van der Waals surface area contributed by atoms with Gasteiger partial charge in [0, 0.05) is 31.2 Å². The molecule has 8 nitrogen and oxygen atoms in total. The van der Waals surface area contributed by atoms with Crippen molar-refractivity contribution in [3.8, 4) is 11.6 Å². The topological polar surface area (TPSA) is 93.9 Å². The van der Waals surface area contributed by atoms with Crippen LogP contribution in [0.5, 0.6) is 5.88 Å². The van der Waals surface area contributed by atoms with Crippen LogP contribution in [0.4, 0.5) is 0 Å². The number of H-pyrrole nitrogens is 1. The van der Waals surface area contributed by atoms with Crippen LogP contribution < -0.4 is 11.2 Å². The van der Waals surface area contributed by atoms with E-state index >= 15 is 0 Å². The SMILES string of the molecule is CC(=NN1CCN(C)CC1)c1c(O)n(-c2ccc(Cl)cc2)c(=O)[nH]c1=O. The number of nitrogens with zero attached hydrogens (tertiary/aromatic N) is 4. The van der Waals surface area contributed by atoms with Gasteiger partial charge in [-0.25, -0.2) is 9.36 Å². The number of hydrogen-bond acceptors (Lipinski definition) is 6. The molecule has 2 heterocycles. The number of aromatic nitrogens is 2. The van der Waals surface area contributed by atoms with E-state index in [1.54, 1.807) is 31.2 Å². The van der Waals surface area contributed by atoms with Crippen molar-refractivity contribution in [2.24, 2.45) is 5.10 Å². The number of hydrogen-bond donors (Lipinski definition) is 2. The van der Waals surface area contributed by atoms with E-state index in [4.69, 9.17) is 11.6 Å². The predicted octanol–water partition coefficient (Wildman–Crippen LogP) is 0.856. The number of rotatable bonds is 3. The third kappa shape index (κ3) is 3.66. The van der Waals surface area contributed by atoms with Crippen LogP contribution in [-0.4, -0.2) is 63.5 Å². The van der Waals surface area contributed by atoms with Gasteiger partial charge in [-0.2, -0.15) is 5.10 Å². The lowest BCUT2D eigenvalue weighted by atomic mass is 10.2. The summed E-state index contributed by atoms with van der Waals surface area (Å²) in [6.45, 7) is 4.82. The Balaban J connectivity index is 2.05. The molecule has 0 amide bonds. The molecule has 0 spiro atoms. The summed E-state index contributed by atoms with van der Waals surface area (Å²) in [4.78, 5) is 28.9. The molecule has 0 aliphatic carbocycles. The third-order valence-electron chi connectivity index (χ3n) is 4.30. The maximum Gasteiger partial charge on any atom is 0.335 e. The average Bonchev–Trinajstić information content (AvgIpc) is 2.58. The monoisotopic (exact) mass is 377 g/mol. The number of nitrogens with one attached hydrogen (secondary N) is 1. The first-order valence-electron chi connectivity index (χ1n) is 8.20. The Morgan fingerprint density at radius 1 is 1.15 bits per heavy atom. The molecule has 1 aliphatic heterocycles. The summed E-state index contributed by atoms with van der Waals surface area (Å²) < 4.78 is 1.02. The number of aromatic amines is 1. The van der Waals surface area contributed by atoms with Gasteiger partial charge in [0.2, 0.25) is 5.88 Å². The maximum absolute atomic E-state index is 12.3. The highest BCUT2D eigenvalue weighted by Gasteiger charge is 2.19. The molecular formula is C17H20ClN5O3. The van der Waals surface area contributed by atoms with Gasteiger partial charge >= 0.3 is 5.69 Å². The van der Waals surface area contributed by atoms with Crippen LogP contribution in [0, 0.1) is 0 Å². The number of aromatic hydroxyl groups is 1. The molecule has 1 aromatic carbocycles. The van der Waals surface area contributed by atoms with Crippen molar-refractivity contribution in [2.45, 2.75) is 6.92 Å². The second kappa shape index (κ2) is 7.35. The molecule has 0 atom stereocenters. The van der Waals surface area contributed by atoms with Crippen LogP contribution in [0.15, 0.2) is 39.0 Å². The fourth-order valence-electron chi connectivity index (χ4n) is 2.84. The van der Waals surface area contributed by atoms with Crippen LogP contribution >= 0.6 is 11.6 Å². The number of hydrazone groups is 1. The smallest absolute Gasteiger partial charge is 0.335 e. The Morgan fingerprint density at radius 3 is 2.38 bits per heavy atom. The highest BCUT2D eigenvalue weighted by atomic mass is 35.5. The standard InChI is InChI=1S/C17H20ClN5O3/c1-11(20-22-9-7-21(2)8-10-22)14-15(24)19-17(26)23(16(14)25)13-5-3-12(18)4-6-13/h3-6,25H,7-10H2,1-2H3,(H,19,24,26). The summed E-state index contributed by atoms with van der Waals surface area (Å²) in [6, 6.07) is 6.36. The Bertz CT molecular complexity index is 940. The highest BCUT2D eigenvalue weighted by Crippen LogP contribution is 2.19. The summed E-state index contributed by atoms with van der Waals surface area (Å²) in [5.41, 5.74) is -0.699. The van der Waals surface area contributed by atoms with E-state index in [0.29, 0.717) is 16.4 Å².